The maximum Gasteiger partial charge on any atom is 0.241 e. The van der Waals surface area contributed by atoms with Crippen LogP contribution < -0.4 is 4.72 Å². The van der Waals surface area contributed by atoms with Crippen molar-refractivity contribution >= 4 is 10.0 Å². The SMILES string of the molecule is Cc1ccccc1S(=O)(=O)N[C@H]1CC[C@H](CCn2cc(-c3ccc(F)cc3)nn2)O[C@@H]1CO. The number of hydrogen-bond donors (Lipinski definition) is 2. The Balaban J connectivity index is 1.34. The lowest BCUT2D eigenvalue weighted by molar-refractivity contribution is -0.0891. The topological polar surface area (TPSA) is 106 Å². The van der Waals surface area contributed by atoms with Gasteiger partial charge in [-0.25, -0.2) is 17.5 Å². The lowest BCUT2D eigenvalue weighted by atomic mass is 9.98. The number of aromatic nitrogens is 3. The van der Waals surface area contributed by atoms with E-state index in [0.29, 0.717) is 37.1 Å². The smallest absolute Gasteiger partial charge is 0.241 e. The number of aliphatic hydroxyl groups excluding tert-OH is 1. The van der Waals surface area contributed by atoms with Crippen LogP contribution in [-0.2, 0) is 21.3 Å². The molecule has 1 fully saturated rings. The highest BCUT2D eigenvalue weighted by Gasteiger charge is 2.34. The summed E-state index contributed by atoms with van der Waals surface area (Å²) in [5.74, 6) is -0.307. The van der Waals surface area contributed by atoms with Gasteiger partial charge in [-0.1, -0.05) is 23.4 Å². The van der Waals surface area contributed by atoms with Crippen molar-refractivity contribution in [1.29, 1.82) is 0 Å². The van der Waals surface area contributed by atoms with E-state index in [4.69, 9.17) is 4.74 Å². The van der Waals surface area contributed by atoms with Crippen LogP contribution in [-0.4, -0.2) is 53.4 Å². The van der Waals surface area contributed by atoms with Crippen molar-refractivity contribution in [3.05, 3.63) is 66.1 Å². The third-order valence-electron chi connectivity index (χ3n) is 5.84. The van der Waals surface area contributed by atoms with Gasteiger partial charge in [-0.3, -0.25) is 4.68 Å². The number of aliphatic hydroxyl groups is 1. The first-order valence-corrected chi connectivity index (χ1v) is 12.3. The van der Waals surface area contributed by atoms with E-state index in [-0.39, 0.29) is 23.4 Å². The fourth-order valence-electron chi connectivity index (χ4n) is 4.04. The number of aryl methyl sites for hydroxylation is 2. The maximum atomic E-state index is 13.1. The van der Waals surface area contributed by atoms with E-state index in [0.717, 1.165) is 5.56 Å². The van der Waals surface area contributed by atoms with Crippen molar-refractivity contribution in [2.75, 3.05) is 6.61 Å². The second-order valence-corrected chi connectivity index (χ2v) is 9.89. The number of ether oxygens (including phenoxy) is 1. The first-order valence-electron chi connectivity index (χ1n) is 10.9. The Morgan fingerprint density at radius 3 is 2.67 bits per heavy atom. The molecule has 3 atom stereocenters. The number of halogens is 1. The molecule has 0 amide bonds. The molecule has 0 bridgehead atoms. The quantitative estimate of drug-likeness (QED) is 0.520. The zero-order valence-electron chi connectivity index (χ0n) is 18.3. The zero-order valence-corrected chi connectivity index (χ0v) is 19.1. The second-order valence-electron chi connectivity index (χ2n) is 8.21. The molecule has 1 aliphatic rings. The Kier molecular flexibility index (Phi) is 7.18. The van der Waals surface area contributed by atoms with Gasteiger partial charge in [0.25, 0.3) is 0 Å². The molecule has 1 aromatic heterocycles. The summed E-state index contributed by atoms with van der Waals surface area (Å²) < 4.78 is 49.2. The summed E-state index contributed by atoms with van der Waals surface area (Å²) in [5, 5.41) is 18.1. The number of nitrogens with one attached hydrogen (secondary N) is 1. The highest BCUT2D eigenvalue weighted by atomic mass is 32.2. The highest BCUT2D eigenvalue weighted by molar-refractivity contribution is 7.89. The Bertz CT molecular complexity index is 1180. The van der Waals surface area contributed by atoms with Gasteiger partial charge in [0.05, 0.1) is 35.9 Å². The summed E-state index contributed by atoms with van der Waals surface area (Å²) in [6.07, 6.45) is 2.86. The minimum absolute atomic E-state index is 0.139. The molecule has 3 aromatic rings. The summed E-state index contributed by atoms with van der Waals surface area (Å²) >= 11 is 0. The van der Waals surface area contributed by atoms with Crippen LogP contribution in [0.25, 0.3) is 11.3 Å². The number of sulfonamides is 1. The van der Waals surface area contributed by atoms with Crippen LogP contribution in [0.2, 0.25) is 0 Å². The van der Waals surface area contributed by atoms with Gasteiger partial charge < -0.3 is 9.84 Å². The first kappa shape index (κ1) is 23.5. The molecule has 0 spiro atoms. The van der Waals surface area contributed by atoms with E-state index in [9.17, 15) is 17.9 Å². The predicted octanol–water partition coefficient (Wildman–Crippen LogP) is 2.67. The van der Waals surface area contributed by atoms with Crippen LogP contribution in [0.5, 0.6) is 0 Å². The molecule has 0 aliphatic carbocycles. The average Bonchev–Trinajstić information content (AvgIpc) is 3.28. The molecular weight excluding hydrogens is 447 g/mol. The molecule has 8 nitrogen and oxygen atoms in total. The lowest BCUT2D eigenvalue weighted by Gasteiger charge is -2.36. The van der Waals surface area contributed by atoms with E-state index in [1.807, 2.05) is 0 Å². The molecule has 2 heterocycles. The Labute approximate surface area is 192 Å². The van der Waals surface area contributed by atoms with Gasteiger partial charge in [-0.15, -0.1) is 5.10 Å². The van der Waals surface area contributed by atoms with Gasteiger partial charge in [0, 0.05) is 12.1 Å². The molecule has 176 valence electrons. The van der Waals surface area contributed by atoms with Gasteiger partial charge in [-0.2, -0.15) is 0 Å². The number of hydrogen-bond acceptors (Lipinski definition) is 6. The summed E-state index contributed by atoms with van der Waals surface area (Å²) in [6, 6.07) is 12.3. The number of rotatable bonds is 8. The van der Waals surface area contributed by atoms with Crippen molar-refractivity contribution in [2.24, 2.45) is 0 Å². The lowest BCUT2D eigenvalue weighted by Crippen LogP contribution is -2.51. The summed E-state index contributed by atoms with van der Waals surface area (Å²) in [7, 11) is -3.72. The normalized spacial score (nSPS) is 21.2. The minimum atomic E-state index is -3.72. The van der Waals surface area contributed by atoms with Crippen LogP contribution in [0.1, 0.15) is 24.8 Å². The number of nitrogens with zero attached hydrogens (tertiary/aromatic N) is 3. The van der Waals surface area contributed by atoms with Gasteiger partial charge in [0.2, 0.25) is 10.0 Å². The molecule has 0 unspecified atom stereocenters. The first-order chi connectivity index (χ1) is 15.9. The fraction of sp³-hybridized carbons (Fsp3) is 0.391. The van der Waals surface area contributed by atoms with Crippen molar-refractivity contribution in [1.82, 2.24) is 19.7 Å². The van der Waals surface area contributed by atoms with Gasteiger partial charge in [0.1, 0.15) is 11.5 Å². The van der Waals surface area contributed by atoms with Crippen molar-refractivity contribution < 1.29 is 22.7 Å². The molecule has 4 rings (SSSR count). The van der Waals surface area contributed by atoms with Crippen molar-refractivity contribution in [2.45, 2.75) is 55.9 Å². The minimum Gasteiger partial charge on any atom is -0.394 e. The van der Waals surface area contributed by atoms with E-state index < -0.39 is 22.2 Å². The maximum absolute atomic E-state index is 13.1. The summed E-state index contributed by atoms with van der Waals surface area (Å²) in [5.41, 5.74) is 2.09. The zero-order chi connectivity index (χ0) is 23.4. The van der Waals surface area contributed by atoms with Gasteiger partial charge >= 0.3 is 0 Å². The standard InChI is InChI=1S/C23H27FN4O4S/c1-16-4-2-3-5-23(16)33(30,31)26-20-11-10-19(32-22(20)15-29)12-13-28-14-21(25-27-28)17-6-8-18(24)9-7-17/h2-9,14,19-20,22,26,29H,10-13,15H2,1H3/t19-,20+,22-/m1/s1. The Morgan fingerprint density at radius 2 is 1.94 bits per heavy atom. The predicted molar refractivity (Wildman–Crippen MR) is 120 cm³/mol. The Hall–Kier alpha value is -2.66. The summed E-state index contributed by atoms with van der Waals surface area (Å²) in [4.78, 5) is 0.229. The number of benzene rings is 2. The van der Waals surface area contributed by atoms with Crippen LogP contribution in [0.15, 0.2) is 59.6 Å². The fourth-order valence-corrected chi connectivity index (χ4v) is 5.58. The molecule has 33 heavy (non-hydrogen) atoms. The molecule has 2 aromatic carbocycles. The van der Waals surface area contributed by atoms with Gasteiger partial charge in [0.15, 0.2) is 0 Å². The van der Waals surface area contributed by atoms with E-state index in [1.54, 1.807) is 54.2 Å². The van der Waals surface area contributed by atoms with Crippen LogP contribution in [0.3, 0.4) is 0 Å². The molecule has 0 radical (unpaired) electrons. The second kappa shape index (κ2) is 10.1. The largest absolute Gasteiger partial charge is 0.394 e. The molecule has 1 saturated heterocycles. The molecular formula is C23H27FN4O4S. The summed E-state index contributed by atoms with van der Waals surface area (Å²) in [6.45, 7) is 2.02. The molecule has 1 aliphatic heterocycles. The third-order valence-corrected chi connectivity index (χ3v) is 7.49. The van der Waals surface area contributed by atoms with Crippen LogP contribution in [0, 0.1) is 12.7 Å². The van der Waals surface area contributed by atoms with E-state index in [2.05, 4.69) is 15.0 Å². The van der Waals surface area contributed by atoms with Crippen LogP contribution in [0.4, 0.5) is 4.39 Å². The molecule has 10 heteroatoms. The Morgan fingerprint density at radius 1 is 1.18 bits per heavy atom. The van der Waals surface area contributed by atoms with E-state index >= 15 is 0 Å². The van der Waals surface area contributed by atoms with E-state index in [1.165, 1.54) is 12.1 Å². The van der Waals surface area contributed by atoms with Crippen molar-refractivity contribution in [3.63, 3.8) is 0 Å². The molecule has 0 saturated carbocycles. The van der Waals surface area contributed by atoms with Gasteiger partial charge in [-0.05, 0) is 62.1 Å². The average molecular weight is 475 g/mol. The van der Waals surface area contributed by atoms with Crippen LogP contribution >= 0.6 is 0 Å². The monoisotopic (exact) mass is 474 g/mol. The molecule has 2 N–H and O–H groups in total. The highest BCUT2D eigenvalue weighted by Crippen LogP contribution is 2.25. The third kappa shape index (κ3) is 5.64. The van der Waals surface area contributed by atoms with Crippen molar-refractivity contribution in [3.8, 4) is 11.3 Å².